The van der Waals surface area contributed by atoms with Crippen molar-refractivity contribution >= 4 is 11.9 Å². The van der Waals surface area contributed by atoms with Crippen molar-refractivity contribution in [3.63, 3.8) is 0 Å². The van der Waals surface area contributed by atoms with Crippen LogP contribution in [0.25, 0.3) is 0 Å². The highest BCUT2D eigenvalue weighted by Crippen LogP contribution is 1.99. The van der Waals surface area contributed by atoms with Gasteiger partial charge in [-0.3, -0.25) is 9.59 Å². The molecule has 0 bridgehead atoms. The zero-order valence-electron chi connectivity index (χ0n) is 8.12. The first-order chi connectivity index (χ1) is 6.59. The first kappa shape index (κ1) is 12.5. The second kappa shape index (κ2) is 6.96. The normalized spacial score (nSPS) is 9.29. The molecule has 0 aliphatic heterocycles. The summed E-state index contributed by atoms with van der Waals surface area (Å²) in [6.45, 7) is 2.05. The molecule has 0 spiro atoms. The van der Waals surface area contributed by atoms with Crippen molar-refractivity contribution < 1.29 is 19.8 Å². The van der Waals surface area contributed by atoms with Crippen molar-refractivity contribution in [2.75, 3.05) is 0 Å². The maximum absolute atomic E-state index is 10.4. The number of rotatable bonds is 5. The Morgan fingerprint density at radius 3 is 2.21 bits per heavy atom. The number of unbranched alkanes of at least 4 members (excludes halogenated alkanes) is 3. The standard InChI is InChI=1S/C10H14O4/c1-2-3-4-5-6-7-8(9(11)12)10(13)14/h8H,2-5H2,1H3,(H,11,12)(H,13,14). The van der Waals surface area contributed by atoms with Gasteiger partial charge in [-0.25, -0.2) is 0 Å². The fourth-order valence-corrected chi connectivity index (χ4v) is 0.867. The van der Waals surface area contributed by atoms with E-state index in [1.165, 1.54) is 0 Å². The molecule has 0 aromatic rings. The van der Waals surface area contributed by atoms with Crippen molar-refractivity contribution in [2.24, 2.45) is 5.92 Å². The van der Waals surface area contributed by atoms with Crippen LogP contribution in [0.2, 0.25) is 0 Å². The van der Waals surface area contributed by atoms with E-state index in [1.54, 1.807) is 0 Å². The Balaban J connectivity index is 4.02. The third-order valence-corrected chi connectivity index (χ3v) is 1.65. The smallest absolute Gasteiger partial charge is 0.330 e. The van der Waals surface area contributed by atoms with E-state index in [0.717, 1.165) is 19.3 Å². The number of carboxylic acid groups (broad SMARTS) is 2. The molecule has 0 fully saturated rings. The quantitative estimate of drug-likeness (QED) is 0.397. The van der Waals surface area contributed by atoms with E-state index >= 15 is 0 Å². The number of hydrogen-bond donors (Lipinski definition) is 2. The maximum Gasteiger partial charge on any atom is 0.330 e. The van der Waals surface area contributed by atoms with Crippen LogP contribution >= 0.6 is 0 Å². The van der Waals surface area contributed by atoms with Gasteiger partial charge in [0.1, 0.15) is 0 Å². The largest absolute Gasteiger partial charge is 0.480 e. The van der Waals surface area contributed by atoms with Gasteiger partial charge in [0.05, 0.1) is 0 Å². The molecule has 0 atom stereocenters. The third kappa shape index (κ3) is 5.20. The Morgan fingerprint density at radius 1 is 1.21 bits per heavy atom. The maximum atomic E-state index is 10.4. The molecule has 78 valence electrons. The summed E-state index contributed by atoms with van der Waals surface area (Å²) in [5, 5.41) is 16.9. The highest BCUT2D eigenvalue weighted by Gasteiger charge is 2.22. The average Bonchev–Trinajstić information content (AvgIpc) is 2.09. The summed E-state index contributed by atoms with van der Waals surface area (Å²) < 4.78 is 0. The summed E-state index contributed by atoms with van der Waals surface area (Å²) in [5.41, 5.74) is 0. The van der Waals surface area contributed by atoms with Crippen molar-refractivity contribution in [1.29, 1.82) is 0 Å². The van der Waals surface area contributed by atoms with E-state index in [2.05, 4.69) is 11.8 Å². The van der Waals surface area contributed by atoms with Gasteiger partial charge in [0, 0.05) is 6.42 Å². The lowest BCUT2D eigenvalue weighted by Crippen LogP contribution is -2.21. The van der Waals surface area contributed by atoms with Crippen LogP contribution in [0.5, 0.6) is 0 Å². The SMILES string of the molecule is CCCCCC#CC(C(=O)O)C(=O)O. The Kier molecular flexibility index (Phi) is 6.21. The second-order valence-corrected chi connectivity index (χ2v) is 2.89. The van der Waals surface area contributed by atoms with Gasteiger partial charge >= 0.3 is 11.9 Å². The molecule has 0 aromatic heterocycles. The molecule has 0 heterocycles. The third-order valence-electron chi connectivity index (χ3n) is 1.65. The van der Waals surface area contributed by atoms with Crippen LogP contribution in [-0.4, -0.2) is 22.2 Å². The monoisotopic (exact) mass is 198 g/mol. The van der Waals surface area contributed by atoms with Crippen molar-refractivity contribution in [3.05, 3.63) is 0 Å². The van der Waals surface area contributed by atoms with Crippen molar-refractivity contribution in [1.82, 2.24) is 0 Å². The summed E-state index contributed by atoms with van der Waals surface area (Å²) in [5.74, 6) is 0.409. The minimum atomic E-state index is -1.59. The molecule has 2 N–H and O–H groups in total. The number of aliphatic carboxylic acids is 2. The molecule has 0 saturated carbocycles. The number of carbonyl (C=O) groups is 2. The first-order valence-electron chi connectivity index (χ1n) is 4.53. The van der Waals surface area contributed by atoms with Crippen LogP contribution < -0.4 is 0 Å². The highest BCUT2D eigenvalue weighted by atomic mass is 16.4. The average molecular weight is 198 g/mol. The van der Waals surface area contributed by atoms with Crippen LogP contribution in [0, 0.1) is 17.8 Å². The lowest BCUT2D eigenvalue weighted by atomic mass is 10.1. The fraction of sp³-hybridized carbons (Fsp3) is 0.600. The van der Waals surface area contributed by atoms with Gasteiger partial charge in [-0.2, -0.15) is 0 Å². The Morgan fingerprint density at radius 2 is 1.79 bits per heavy atom. The predicted molar refractivity (Wildman–Crippen MR) is 50.7 cm³/mol. The van der Waals surface area contributed by atoms with E-state index in [9.17, 15) is 9.59 Å². The van der Waals surface area contributed by atoms with Crippen LogP contribution in [-0.2, 0) is 9.59 Å². The van der Waals surface area contributed by atoms with Crippen molar-refractivity contribution in [3.8, 4) is 11.8 Å². The summed E-state index contributed by atoms with van der Waals surface area (Å²) in [6, 6.07) is 0. The molecular formula is C10H14O4. The van der Waals surface area contributed by atoms with E-state index in [-0.39, 0.29) is 0 Å². The lowest BCUT2D eigenvalue weighted by Gasteiger charge is -1.96. The van der Waals surface area contributed by atoms with E-state index in [1.807, 2.05) is 6.92 Å². The highest BCUT2D eigenvalue weighted by molar-refractivity contribution is 5.96. The minimum absolute atomic E-state index is 0.560. The Bertz CT molecular complexity index is 245. The lowest BCUT2D eigenvalue weighted by molar-refractivity contribution is -0.151. The van der Waals surface area contributed by atoms with Gasteiger partial charge in [0.15, 0.2) is 0 Å². The minimum Gasteiger partial charge on any atom is -0.480 e. The summed E-state index contributed by atoms with van der Waals surface area (Å²) in [6.07, 6.45) is 3.53. The van der Waals surface area contributed by atoms with Gasteiger partial charge in [0.2, 0.25) is 5.92 Å². The molecule has 0 rings (SSSR count). The van der Waals surface area contributed by atoms with Gasteiger partial charge in [0.25, 0.3) is 0 Å². The van der Waals surface area contributed by atoms with E-state index in [4.69, 9.17) is 10.2 Å². The van der Waals surface area contributed by atoms with Crippen LogP contribution in [0.3, 0.4) is 0 Å². The molecular weight excluding hydrogens is 184 g/mol. The zero-order chi connectivity index (χ0) is 11.0. The Labute approximate surface area is 82.9 Å². The molecule has 0 saturated heterocycles. The van der Waals surface area contributed by atoms with Crippen molar-refractivity contribution in [2.45, 2.75) is 32.6 Å². The molecule has 0 aliphatic carbocycles. The van der Waals surface area contributed by atoms with E-state index < -0.39 is 17.9 Å². The molecule has 0 aromatic carbocycles. The van der Waals surface area contributed by atoms with Gasteiger partial charge in [-0.15, -0.1) is 5.92 Å². The molecule has 4 heteroatoms. The molecule has 4 nitrogen and oxygen atoms in total. The fourth-order valence-electron chi connectivity index (χ4n) is 0.867. The van der Waals surface area contributed by atoms with E-state index in [0.29, 0.717) is 6.42 Å². The van der Waals surface area contributed by atoms with Gasteiger partial charge in [-0.1, -0.05) is 25.7 Å². The topological polar surface area (TPSA) is 74.6 Å². The number of carboxylic acids is 2. The zero-order valence-corrected chi connectivity index (χ0v) is 8.12. The predicted octanol–water partition coefficient (Wildman–Crippen LogP) is 1.36. The van der Waals surface area contributed by atoms with Gasteiger partial charge in [-0.05, 0) is 6.42 Å². The summed E-state index contributed by atoms with van der Waals surface area (Å²) in [4.78, 5) is 20.8. The first-order valence-corrected chi connectivity index (χ1v) is 4.53. The van der Waals surface area contributed by atoms with Crippen LogP contribution in [0.4, 0.5) is 0 Å². The van der Waals surface area contributed by atoms with Crippen LogP contribution in [0.15, 0.2) is 0 Å². The molecule has 0 unspecified atom stereocenters. The molecule has 0 amide bonds. The summed E-state index contributed by atoms with van der Waals surface area (Å²) >= 11 is 0. The van der Waals surface area contributed by atoms with Crippen LogP contribution in [0.1, 0.15) is 32.6 Å². The summed E-state index contributed by atoms with van der Waals surface area (Å²) in [7, 11) is 0. The number of hydrogen-bond acceptors (Lipinski definition) is 2. The molecule has 14 heavy (non-hydrogen) atoms. The molecule has 0 aliphatic rings. The Hall–Kier alpha value is -1.50. The molecule has 0 radical (unpaired) electrons. The van der Waals surface area contributed by atoms with Gasteiger partial charge < -0.3 is 10.2 Å². The second-order valence-electron chi connectivity index (χ2n) is 2.89.